The van der Waals surface area contributed by atoms with E-state index in [-0.39, 0.29) is 18.4 Å². The number of nitrogens with zero attached hydrogens (tertiary/aromatic N) is 1. The minimum atomic E-state index is -0.443. The van der Waals surface area contributed by atoms with Crippen LogP contribution in [0, 0.1) is 11.8 Å². The standard InChI is InChI=1S/C15H28N2O2/c1-17(10-7-12-3-2-4-12)14(19)13-5-8-15(16,11-18)9-6-13/h12-13,18H,2-11,16H2,1H3. The van der Waals surface area contributed by atoms with E-state index in [1.807, 2.05) is 11.9 Å². The number of amides is 1. The first-order valence-electron chi connectivity index (χ1n) is 7.69. The van der Waals surface area contributed by atoms with Crippen LogP contribution in [0.15, 0.2) is 0 Å². The van der Waals surface area contributed by atoms with Gasteiger partial charge in [-0.05, 0) is 38.0 Å². The van der Waals surface area contributed by atoms with Gasteiger partial charge in [0.1, 0.15) is 0 Å². The maximum absolute atomic E-state index is 12.3. The summed E-state index contributed by atoms with van der Waals surface area (Å²) in [7, 11) is 1.93. The topological polar surface area (TPSA) is 66.6 Å². The number of nitrogens with two attached hydrogens (primary N) is 1. The van der Waals surface area contributed by atoms with Crippen LogP contribution in [0.25, 0.3) is 0 Å². The second kappa shape index (κ2) is 6.23. The predicted molar refractivity (Wildman–Crippen MR) is 75.6 cm³/mol. The first-order chi connectivity index (χ1) is 9.04. The Morgan fingerprint density at radius 1 is 1.32 bits per heavy atom. The molecular weight excluding hydrogens is 240 g/mol. The summed E-state index contributed by atoms with van der Waals surface area (Å²) in [5, 5.41) is 9.24. The van der Waals surface area contributed by atoms with Gasteiger partial charge in [0, 0.05) is 25.0 Å². The molecule has 2 aliphatic carbocycles. The quantitative estimate of drug-likeness (QED) is 0.794. The van der Waals surface area contributed by atoms with Crippen molar-refractivity contribution < 1.29 is 9.90 Å². The first-order valence-corrected chi connectivity index (χ1v) is 7.69. The van der Waals surface area contributed by atoms with E-state index in [4.69, 9.17) is 5.73 Å². The van der Waals surface area contributed by atoms with E-state index in [0.717, 1.165) is 44.6 Å². The summed E-state index contributed by atoms with van der Waals surface area (Å²) < 4.78 is 0. The van der Waals surface area contributed by atoms with Gasteiger partial charge in [0.05, 0.1) is 6.61 Å². The number of carbonyl (C=O) groups excluding carboxylic acids is 1. The lowest BCUT2D eigenvalue weighted by atomic mass is 9.77. The third-order valence-electron chi connectivity index (χ3n) is 5.12. The molecule has 0 aromatic rings. The third kappa shape index (κ3) is 3.69. The first kappa shape index (κ1) is 14.8. The van der Waals surface area contributed by atoms with E-state index >= 15 is 0 Å². The Morgan fingerprint density at radius 2 is 1.95 bits per heavy atom. The average Bonchev–Trinajstić information content (AvgIpc) is 2.37. The van der Waals surface area contributed by atoms with E-state index in [1.165, 1.54) is 19.3 Å². The second-order valence-corrected chi connectivity index (χ2v) is 6.64. The number of hydrogen-bond donors (Lipinski definition) is 2. The molecule has 0 aliphatic heterocycles. The van der Waals surface area contributed by atoms with Gasteiger partial charge >= 0.3 is 0 Å². The van der Waals surface area contributed by atoms with Crippen LogP contribution in [0.4, 0.5) is 0 Å². The molecule has 0 atom stereocenters. The van der Waals surface area contributed by atoms with E-state index in [9.17, 15) is 9.90 Å². The zero-order valence-corrected chi connectivity index (χ0v) is 12.1. The highest BCUT2D eigenvalue weighted by Crippen LogP contribution is 2.32. The van der Waals surface area contributed by atoms with E-state index < -0.39 is 5.54 Å². The molecule has 0 unspecified atom stereocenters. The summed E-state index contributed by atoms with van der Waals surface area (Å²) in [6.45, 7) is 0.930. The van der Waals surface area contributed by atoms with Gasteiger partial charge < -0.3 is 15.7 Å². The van der Waals surface area contributed by atoms with Crippen LogP contribution in [0.3, 0.4) is 0 Å². The number of aliphatic hydroxyl groups excluding tert-OH is 1. The van der Waals surface area contributed by atoms with Gasteiger partial charge in [0.25, 0.3) is 0 Å². The SMILES string of the molecule is CN(CCC1CCC1)C(=O)C1CCC(N)(CO)CC1. The molecule has 19 heavy (non-hydrogen) atoms. The molecular formula is C15H28N2O2. The summed E-state index contributed by atoms with van der Waals surface area (Å²) in [6, 6.07) is 0. The van der Waals surface area contributed by atoms with Crippen LogP contribution >= 0.6 is 0 Å². The monoisotopic (exact) mass is 268 g/mol. The van der Waals surface area contributed by atoms with Crippen molar-refractivity contribution >= 4 is 5.91 Å². The fraction of sp³-hybridized carbons (Fsp3) is 0.933. The number of rotatable bonds is 5. The van der Waals surface area contributed by atoms with Gasteiger partial charge in [-0.25, -0.2) is 0 Å². The number of carbonyl (C=O) groups is 1. The van der Waals surface area contributed by atoms with Gasteiger partial charge in [0.2, 0.25) is 5.91 Å². The summed E-state index contributed by atoms with van der Waals surface area (Å²) >= 11 is 0. The Kier molecular flexibility index (Phi) is 4.85. The molecule has 1 amide bonds. The molecule has 110 valence electrons. The lowest BCUT2D eigenvalue weighted by Gasteiger charge is -2.36. The normalized spacial score (nSPS) is 31.8. The van der Waals surface area contributed by atoms with E-state index in [1.54, 1.807) is 0 Å². The van der Waals surface area contributed by atoms with Crippen LogP contribution in [0.1, 0.15) is 51.4 Å². The van der Waals surface area contributed by atoms with Gasteiger partial charge in [-0.1, -0.05) is 19.3 Å². The maximum Gasteiger partial charge on any atom is 0.225 e. The zero-order valence-electron chi connectivity index (χ0n) is 12.1. The lowest BCUT2D eigenvalue weighted by Crippen LogP contribution is -2.48. The Morgan fingerprint density at radius 3 is 2.42 bits per heavy atom. The molecule has 0 radical (unpaired) electrons. The highest BCUT2D eigenvalue weighted by Gasteiger charge is 2.35. The van der Waals surface area contributed by atoms with Crippen LogP contribution in [-0.4, -0.2) is 41.7 Å². The summed E-state index contributed by atoms with van der Waals surface area (Å²) in [5.41, 5.74) is 5.60. The fourth-order valence-electron chi connectivity index (χ4n) is 3.18. The zero-order chi connectivity index (χ0) is 13.9. The minimum Gasteiger partial charge on any atom is -0.394 e. The van der Waals surface area contributed by atoms with Crippen LogP contribution in [0.2, 0.25) is 0 Å². The van der Waals surface area contributed by atoms with E-state index in [2.05, 4.69) is 0 Å². The molecule has 0 spiro atoms. The molecule has 4 heteroatoms. The van der Waals surface area contributed by atoms with Gasteiger partial charge in [-0.2, -0.15) is 0 Å². The Balaban J connectivity index is 1.73. The second-order valence-electron chi connectivity index (χ2n) is 6.64. The van der Waals surface area contributed by atoms with Crippen molar-refractivity contribution in [2.75, 3.05) is 20.2 Å². The molecule has 2 saturated carbocycles. The van der Waals surface area contributed by atoms with Crippen molar-refractivity contribution in [3.05, 3.63) is 0 Å². The molecule has 2 aliphatic rings. The fourth-order valence-corrected chi connectivity index (χ4v) is 3.18. The minimum absolute atomic E-state index is 0.0332. The van der Waals surface area contributed by atoms with Crippen molar-refractivity contribution in [1.82, 2.24) is 4.90 Å². The smallest absolute Gasteiger partial charge is 0.225 e. The van der Waals surface area contributed by atoms with Crippen molar-refractivity contribution in [3.8, 4) is 0 Å². The molecule has 0 bridgehead atoms. The molecule has 0 aromatic carbocycles. The number of hydrogen-bond acceptors (Lipinski definition) is 3. The van der Waals surface area contributed by atoms with Crippen molar-refractivity contribution in [2.24, 2.45) is 17.6 Å². The average molecular weight is 268 g/mol. The van der Waals surface area contributed by atoms with E-state index in [0.29, 0.717) is 0 Å². The summed E-state index contributed by atoms with van der Waals surface area (Å²) in [5.74, 6) is 1.25. The van der Waals surface area contributed by atoms with Gasteiger partial charge in [0.15, 0.2) is 0 Å². The molecule has 0 aromatic heterocycles. The number of aliphatic hydroxyl groups is 1. The van der Waals surface area contributed by atoms with Crippen LogP contribution < -0.4 is 5.73 Å². The summed E-state index contributed by atoms with van der Waals surface area (Å²) in [6.07, 6.45) is 8.38. The van der Waals surface area contributed by atoms with Crippen molar-refractivity contribution in [2.45, 2.75) is 56.9 Å². The Bertz CT molecular complexity index is 307. The molecule has 4 nitrogen and oxygen atoms in total. The Hall–Kier alpha value is -0.610. The van der Waals surface area contributed by atoms with Crippen LogP contribution in [0.5, 0.6) is 0 Å². The molecule has 2 fully saturated rings. The Labute approximate surface area is 116 Å². The highest BCUT2D eigenvalue weighted by molar-refractivity contribution is 5.78. The van der Waals surface area contributed by atoms with Crippen LogP contribution in [-0.2, 0) is 4.79 Å². The molecule has 2 rings (SSSR count). The highest BCUT2D eigenvalue weighted by atomic mass is 16.3. The molecule has 0 heterocycles. The summed E-state index contributed by atoms with van der Waals surface area (Å²) in [4.78, 5) is 14.2. The van der Waals surface area contributed by atoms with Gasteiger partial charge in [-0.3, -0.25) is 4.79 Å². The lowest BCUT2D eigenvalue weighted by molar-refractivity contribution is -0.136. The van der Waals surface area contributed by atoms with Crippen molar-refractivity contribution in [3.63, 3.8) is 0 Å². The third-order valence-corrected chi connectivity index (χ3v) is 5.12. The van der Waals surface area contributed by atoms with Crippen molar-refractivity contribution in [1.29, 1.82) is 0 Å². The molecule has 3 N–H and O–H groups in total. The largest absolute Gasteiger partial charge is 0.394 e. The predicted octanol–water partition coefficient (Wildman–Crippen LogP) is 1.51. The van der Waals surface area contributed by atoms with Gasteiger partial charge in [-0.15, -0.1) is 0 Å². The maximum atomic E-state index is 12.3. The molecule has 0 saturated heterocycles.